The quantitative estimate of drug-likeness (QED) is 0.00732. The number of halogens is 3. The molecule has 1 saturated heterocycles. The molecule has 5 aromatic rings. The minimum atomic E-state index is -5.62. The van der Waals surface area contributed by atoms with Crippen LogP contribution in [-0.4, -0.2) is 143 Å². The van der Waals surface area contributed by atoms with E-state index in [1.807, 2.05) is 67.6 Å². The average Bonchev–Trinajstić information content (AvgIpc) is 1.59. The molecule has 7 amide bonds. The Labute approximate surface area is 643 Å². The number of esters is 2. The van der Waals surface area contributed by atoms with E-state index >= 15 is 8.78 Å². The highest BCUT2D eigenvalue weighted by atomic mass is 32.1. The van der Waals surface area contributed by atoms with Crippen LogP contribution in [0.5, 0.6) is 5.75 Å². The fourth-order valence-electron chi connectivity index (χ4n) is 13.0. The van der Waals surface area contributed by atoms with Crippen molar-refractivity contribution in [1.29, 1.82) is 0 Å². The van der Waals surface area contributed by atoms with E-state index in [-0.39, 0.29) is 75.8 Å². The first-order chi connectivity index (χ1) is 51.7. The molecule has 0 spiro atoms. The van der Waals surface area contributed by atoms with Gasteiger partial charge in [0.2, 0.25) is 49.0 Å². The van der Waals surface area contributed by atoms with Crippen molar-refractivity contribution in [3.63, 3.8) is 0 Å². The highest BCUT2D eigenvalue weighted by Gasteiger charge is 2.57. The number of primary amides is 1. The number of nitrogens with two attached hydrogens (primary N) is 1. The Hall–Kier alpha value is -8.86. The van der Waals surface area contributed by atoms with E-state index < -0.39 is 150 Å². The number of likely N-dealkylation sites (tertiary alicyclic amines) is 1. The Kier molecular flexibility index (Phi) is 27.6. The molecular formula is C80H102F3N8O17PS. The lowest BCUT2D eigenvalue weighted by atomic mass is 9.85. The number of nitrogens with zero attached hydrogens (tertiary/aromatic N) is 3. The molecule has 4 aliphatic rings. The normalized spacial score (nSPS) is 18.6. The van der Waals surface area contributed by atoms with Gasteiger partial charge in [0.1, 0.15) is 29.9 Å². The number of rotatable bonds is 34. The number of thiazole rings is 1. The van der Waals surface area contributed by atoms with Gasteiger partial charge in [0.05, 0.1) is 64.1 Å². The smallest absolute Gasteiger partial charge is 0.410 e. The lowest BCUT2D eigenvalue weighted by Gasteiger charge is -2.35. The number of aryl methyl sites for hydroxylation is 3. The van der Waals surface area contributed by atoms with E-state index in [4.69, 9.17) is 33.7 Å². The van der Waals surface area contributed by atoms with Crippen LogP contribution in [0.1, 0.15) is 179 Å². The summed E-state index contributed by atoms with van der Waals surface area (Å²) in [5.41, 5.74) is 4.27. The second kappa shape index (κ2) is 35.7. The Balaban J connectivity index is 0.769. The number of amides is 7. The zero-order chi connectivity index (χ0) is 80.4. The zero-order valence-corrected chi connectivity index (χ0v) is 66.1. The molecule has 1 aliphatic carbocycles. The summed E-state index contributed by atoms with van der Waals surface area (Å²) in [6.07, 6.45) is 3.58. The van der Waals surface area contributed by atoms with Gasteiger partial charge in [-0.1, -0.05) is 99.6 Å². The number of unbranched alkanes of at least 4 members (excludes halogenated alkanes) is 2. The largest absolute Gasteiger partial charge is 0.493 e. The van der Waals surface area contributed by atoms with Gasteiger partial charge >= 0.3 is 25.2 Å². The lowest BCUT2D eigenvalue weighted by molar-refractivity contribution is -0.163. The Morgan fingerprint density at radius 3 is 2.08 bits per heavy atom. The topological polar surface area (TPSA) is 340 Å². The number of aromatic nitrogens is 1. The maximum atomic E-state index is 16.3. The molecule has 596 valence electrons. The number of aliphatic hydroxyl groups excluding tert-OH is 1. The van der Waals surface area contributed by atoms with Crippen LogP contribution in [-0.2, 0) is 109 Å². The number of alkyl halides is 3. The number of anilines is 1. The summed E-state index contributed by atoms with van der Waals surface area (Å²) in [6.45, 7) is 17.6. The summed E-state index contributed by atoms with van der Waals surface area (Å²) in [6, 6.07) is 18.5. The summed E-state index contributed by atoms with van der Waals surface area (Å²) in [5.74, 6) is -5.40. The van der Waals surface area contributed by atoms with Gasteiger partial charge in [-0.15, -0.1) is 11.3 Å². The molecule has 9 rings (SSSR count). The number of benzene rings is 4. The van der Waals surface area contributed by atoms with Crippen LogP contribution < -0.4 is 36.6 Å². The molecule has 4 aromatic carbocycles. The van der Waals surface area contributed by atoms with Crippen LogP contribution in [0, 0.1) is 23.2 Å². The van der Waals surface area contributed by atoms with Crippen molar-refractivity contribution in [2.24, 2.45) is 22.0 Å². The lowest BCUT2D eigenvalue weighted by Crippen LogP contribution is -2.59. The monoisotopic (exact) mass is 1570 g/mol. The molecule has 1 saturated carbocycles. The van der Waals surface area contributed by atoms with E-state index in [0.29, 0.717) is 36.4 Å². The second-order valence-electron chi connectivity index (χ2n) is 31.8. The predicted octanol–water partition coefficient (Wildman–Crippen LogP) is 11.0. The van der Waals surface area contributed by atoms with E-state index in [1.165, 1.54) is 87.8 Å². The molecule has 3 aliphatic heterocycles. The van der Waals surface area contributed by atoms with Crippen LogP contribution in [0.4, 0.5) is 18.9 Å². The highest BCUT2D eigenvalue weighted by Crippen LogP contribution is 2.67. The molecule has 1 aromatic heterocycles. The molecule has 7 atom stereocenters. The average molecular weight is 1570 g/mol. The summed E-state index contributed by atoms with van der Waals surface area (Å²) >= 11 is 1.50. The number of hydrogen-bond donors (Lipinski definition) is 6. The standard InChI is InChI=1S/C80H102F3N8O17PS/c1-47(52-26-29-57(30-27-52)80(82,83)109(102,107-45-105-74(100)77(7,8)9)108-46-106-75(101)78(10,11)12)37-65(94)87-60-31-28-53-18-16-19-54-38-62(91(66(53)54)71(60)97)70(96)88-59(32-33-64(84)93)49(3)104-43-51-22-20-50(21-23-51)17-14-13-15-36-103-63-39-55(67-48(2)86-44-110-67)24-25-56(63)41-85-69(95)61-40-58(92)42-90(61)72(98)68(76(4,5)6)89-73(99)79(81)34-35-79/h16,18-27,29-30,37,39,44,49,58-62,68,92H,13-15,17,28,31-36,38,40-43,45-46H2,1-12H3,(H2,84,93)(H,85,95)(H,87,94)(H,88,96)(H,89,99)/b47-37+/t49-,58-,59+,60+,61+,62+,68-/m1/s1. The Morgan fingerprint density at radius 1 is 0.827 bits per heavy atom. The fraction of sp³-hybridized carbons (Fsp3) is 0.525. The molecule has 25 nitrogen and oxygen atoms in total. The number of carbonyl (C=O) groups is 9. The highest BCUT2D eigenvalue weighted by molar-refractivity contribution is 7.54. The van der Waals surface area contributed by atoms with Crippen molar-refractivity contribution in [3.05, 3.63) is 141 Å². The third kappa shape index (κ3) is 21.4. The minimum Gasteiger partial charge on any atom is -0.493 e. The summed E-state index contributed by atoms with van der Waals surface area (Å²) in [5, 5.41) is 22.1. The van der Waals surface area contributed by atoms with Crippen LogP contribution in [0.15, 0.2) is 96.5 Å². The van der Waals surface area contributed by atoms with Crippen molar-refractivity contribution in [2.45, 2.75) is 227 Å². The van der Waals surface area contributed by atoms with Crippen LogP contribution in [0.2, 0.25) is 0 Å². The summed E-state index contributed by atoms with van der Waals surface area (Å²) in [4.78, 5) is 129. The minimum absolute atomic E-state index is 0.0162. The SMILES string of the molecule is C/C(=C\C(=O)N[C@H]1CCc2cccc3c2N(C1=O)[C@H](C(=O)N[C@@H](CCC(N)=O)[C@@H](C)OCc1ccc(CCCCCOc2cc(-c4scnc4C)ccc2CNC(=O)[C@@H]2C[C@@H](O)CN2C(=O)[C@@H](NC(=O)C2(F)CC2)C(C)(C)C)cc1)C3)c1ccc(C(F)(F)P(=O)(OCOC(=O)C(C)(C)C)OCOC(=O)C(C)(C)C)cc1. The summed E-state index contributed by atoms with van der Waals surface area (Å²) < 4.78 is 94.0. The number of aliphatic hydroxyl groups is 1. The number of allylic oxidation sites excluding steroid dienone is 1. The maximum Gasteiger partial charge on any atom is 0.410 e. The number of nitrogens with one attached hydrogen (secondary N) is 4. The van der Waals surface area contributed by atoms with Crippen molar-refractivity contribution >= 4 is 83.5 Å². The number of carbonyl (C=O) groups excluding carboxylic acids is 9. The van der Waals surface area contributed by atoms with Crippen molar-refractivity contribution in [3.8, 4) is 16.2 Å². The third-order valence-corrected chi connectivity index (χ3v) is 22.6. The molecule has 4 heterocycles. The van der Waals surface area contributed by atoms with E-state index in [9.17, 15) is 57.2 Å². The molecule has 0 bridgehead atoms. The predicted molar refractivity (Wildman–Crippen MR) is 405 cm³/mol. The van der Waals surface area contributed by atoms with Crippen LogP contribution >= 0.6 is 18.9 Å². The van der Waals surface area contributed by atoms with Crippen molar-refractivity contribution in [1.82, 2.24) is 31.2 Å². The first-order valence-corrected chi connectivity index (χ1v) is 39.5. The zero-order valence-electron chi connectivity index (χ0n) is 64.4. The van der Waals surface area contributed by atoms with Crippen molar-refractivity contribution in [2.75, 3.05) is 31.6 Å². The van der Waals surface area contributed by atoms with Crippen molar-refractivity contribution < 1.29 is 94.0 Å². The first kappa shape index (κ1) is 85.1. The molecule has 30 heteroatoms. The molecule has 2 fully saturated rings. The van der Waals surface area contributed by atoms with Gasteiger partial charge in [0, 0.05) is 49.6 Å². The van der Waals surface area contributed by atoms with Gasteiger partial charge in [-0.2, -0.15) is 8.78 Å². The van der Waals surface area contributed by atoms with E-state index in [2.05, 4.69) is 26.3 Å². The molecule has 110 heavy (non-hydrogen) atoms. The molecular weight excluding hydrogens is 1460 g/mol. The fourth-order valence-corrected chi connectivity index (χ4v) is 15.1. The number of β-amino-alcohol motifs (C(OH)–C–C–N with tert-alkyl or cyclic N) is 1. The van der Waals surface area contributed by atoms with Crippen LogP contribution in [0.3, 0.4) is 0 Å². The molecule has 0 unspecified atom stereocenters. The number of para-hydroxylation sites is 1. The number of hydrogen-bond acceptors (Lipinski definition) is 19. The third-order valence-electron chi connectivity index (χ3n) is 19.8. The van der Waals surface area contributed by atoms with E-state index in [1.54, 1.807) is 33.2 Å². The number of ether oxygens (including phenoxy) is 4. The summed E-state index contributed by atoms with van der Waals surface area (Å²) in [7, 11) is -5.62. The van der Waals surface area contributed by atoms with Crippen LogP contribution in [0.25, 0.3) is 16.0 Å². The Morgan fingerprint density at radius 2 is 1.47 bits per heavy atom. The van der Waals surface area contributed by atoms with E-state index in [0.717, 1.165) is 69.8 Å². The maximum absolute atomic E-state index is 16.3. The molecule has 0 radical (unpaired) electrons. The van der Waals surface area contributed by atoms with Gasteiger partial charge in [-0.05, 0) is 171 Å². The van der Waals surface area contributed by atoms with Gasteiger partial charge in [-0.3, -0.25) is 61.7 Å². The second-order valence-corrected chi connectivity index (χ2v) is 34.7. The van der Waals surface area contributed by atoms with Gasteiger partial charge < -0.3 is 56.0 Å². The van der Waals surface area contributed by atoms with Gasteiger partial charge in [-0.25, -0.2) is 9.37 Å². The van der Waals surface area contributed by atoms with Gasteiger partial charge in [0.25, 0.3) is 5.91 Å². The van der Waals surface area contributed by atoms with Gasteiger partial charge in [0.15, 0.2) is 5.67 Å². The first-order valence-electron chi connectivity index (χ1n) is 37.0. The molecule has 7 N–H and O–H groups in total. The Bertz CT molecular complexity index is 4250.